The van der Waals surface area contributed by atoms with Crippen molar-refractivity contribution in [1.82, 2.24) is 14.8 Å². The second-order valence-corrected chi connectivity index (χ2v) is 6.60. The van der Waals surface area contributed by atoms with Crippen molar-refractivity contribution in [2.75, 3.05) is 33.3 Å². The predicted molar refractivity (Wildman–Crippen MR) is 101 cm³/mol. The number of piperazine rings is 1. The van der Waals surface area contributed by atoms with Gasteiger partial charge in [-0.1, -0.05) is 12.1 Å². The monoisotopic (exact) mass is 369 g/mol. The van der Waals surface area contributed by atoms with E-state index in [1.807, 2.05) is 6.07 Å². The molecule has 7 nitrogen and oxygen atoms in total. The summed E-state index contributed by atoms with van der Waals surface area (Å²) in [4.78, 5) is 44.1. The van der Waals surface area contributed by atoms with Gasteiger partial charge in [-0.3, -0.25) is 14.4 Å². The van der Waals surface area contributed by atoms with Gasteiger partial charge in [0.05, 0.1) is 12.7 Å². The van der Waals surface area contributed by atoms with Crippen LogP contribution >= 0.6 is 0 Å². The predicted octanol–water partition coefficient (Wildman–Crippen LogP) is 1.60. The molecule has 1 fully saturated rings. The number of methoxy groups -OCH3 is 1. The largest absolute Gasteiger partial charge is 0.496 e. The number of carbonyl (C=O) groups is 2. The van der Waals surface area contributed by atoms with E-state index in [1.165, 1.54) is 13.2 Å². The van der Waals surface area contributed by atoms with Crippen LogP contribution in [0.2, 0.25) is 0 Å². The molecule has 0 radical (unpaired) electrons. The van der Waals surface area contributed by atoms with Crippen molar-refractivity contribution in [2.45, 2.75) is 13.8 Å². The molecule has 2 aromatic rings. The normalized spacial score (nSPS) is 14.2. The lowest BCUT2D eigenvalue weighted by Crippen LogP contribution is -2.51. The van der Waals surface area contributed by atoms with Gasteiger partial charge in [0.25, 0.3) is 11.8 Å². The van der Waals surface area contributed by atoms with Gasteiger partial charge in [0, 0.05) is 43.6 Å². The number of amides is 2. The van der Waals surface area contributed by atoms with Gasteiger partial charge in [-0.15, -0.1) is 0 Å². The van der Waals surface area contributed by atoms with Crippen LogP contribution in [0.5, 0.6) is 5.75 Å². The minimum atomic E-state index is -0.293. The molecule has 1 aromatic heterocycles. The molecule has 1 aliphatic rings. The van der Waals surface area contributed by atoms with E-state index >= 15 is 0 Å². The van der Waals surface area contributed by atoms with E-state index in [9.17, 15) is 14.4 Å². The summed E-state index contributed by atoms with van der Waals surface area (Å²) in [7, 11) is 1.53. The van der Waals surface area contributed by atoms with Gasteiger partial charge in [0.15, 0.2) is 5.43 Å². The highest BCUT2D eigenvalue weighted by Gasteiger charge is 2.28. The molecule has 2 amide bonds. The Morgan fingerprint density at radius 1 is 1.00 bits per heavy atom. The number of hydrogen-bond donors (Lipinski definition) is 1. The number of H-pyrrole nitrogens is 1. The standard InChI is InChI=1S/C20H23N3O4/c1-13-12-16(24)18(14(2)21-13)20(26)23-10-8-22(9-11-23)19(25)15-6-4-5-7-17(15)27-3/h4-7,12H,8-11H2,1-3H3,(H,21,24). The Bertz CT molecular complexity index is 927. The summed E-state index contributed by atoms with van der Waals surface area (Å²) in [5.41, 5.74) is 1.69. The van der Waals surface area contributed by atoms with Crippen LogP contribution in [0, 0.1) is 13.8 Å². The molecule has 3 rings (SSSR count). The molecule has 27 heavy (non-hydrogen) atoms. The number of pyridine rings is 1. The van der Waals surface area contributed by atoms with E-state index in [0.717, 1.165) is 5.69 Å². The van der Waals surface area contributed by atoms with Gasteiger partial charge in [0.1, 0.15) is 11.3 Å². The van der Waals surface area contributed by atoms with Gasteiger partial charge >= 0.3 is 0 Å². The number of carbonyl (C=O) groups excluding carboxylic acids is 2. The lowest BCUT2D eigenvalue weighted by Gasteiger charge is -2.35. The zero-order valence-electron chi connectivity index (χ0n) is 15.7. The molecular formula is C20H23N3O4. The highest BCUT2D eigenvalue weighted by Crippen LogP contribution is 2.20. The average molecular weight is 369 g/mol. The molecule has 142 valence electrons. The SMILES string of the molecule is COc1ccccc1C(=O)N1CCN(C(=O)c2c(C)[nH]c(C)cc2=O)CC1. The third-order valence-electron chi connectivity index (χ3n) is 4.76. The van der Waals surface area contributed by atoms with Crippen LogP contribution in [0.15, 0.2) is 35.1 Å². The number of aryl methyl sites for hydroxylation is 2. The van der Waals surface area contributed by atoms with E-state index < -0.39 is 0 Å². The smallest absolute Gasteiger partial charge is 0.259 e. The average Bonchev–Trinajstić information content (AvgIpc) is 2.66. The minimum absolute atomic E-state index is 0.121. The Morgan fingerprint density at radius 2 is 1.59 bits per heavy atom. The second kappa shape index (κ2) is 7.65. The van der Waals surface area contributed by atoms with Crippen LogP contribution in [0.1, 0.15) is 32.1 Å². The van der Waals surface area contributed by atoms with Crippen LogP contribution in [-0.2, 0) is 0 Å². The number of rotatable bonds is 3. The molecular weight excluding hydrogens is 346 g/mol. The zero-order chi connectivity index (χ0) is 19.6. The molecule has 1 saturated heterocycles. The van der Waals surface area contributed by atoms with Crippen molar-refractivity contribution in [1.29, 1.82) is 0 Å². The first-order chi connectivity index (χ1) is 12.9. The number of nitrogens with zero attached hydrogens (tertiary/aromatic N) is 2. The number of hydrogen-bond acceptors (Lipinski definition) is 4. The van der Waals surface area contributed by atoms with E-state index in [0.29, 0.717) is 43.2 Å². The maximum absolute atomic E-state index is 12.8. The topological polar surface area (TPSA) is 82.7 Å². The Kier molecular flexibility index (Phi) is 5.30. The van der Waals surface area contributed by atoms with Gasteiger partial charge in [-0.25, -0.2) is 0 Å². The number of aromatic nitrogens is 1. The fraction of sp³-hybridized carbons (Fsp3) is 0.350. The fourth-order valence-corrected chi connectivity index (χ4v) is 3.38. The molecule has 1 aromatic carbocycles. The summed E-state index contributed by atoms with van der Waals surface area (Å²) < 4.78 is 5.26. The maximum atomic E-state index is 12.8. The van der Waals surface area contributed by atoms with Gasteiger partial charge in [-0.2, -0.15) is 0 Å². The Labute approximate surface area is 157 Å². The van der Waals surface area contributed by atoms with Crippen LogP contribution < -0.4 is 10.2 Å². The third-order valence-corrected chi connectivity index (χ3v) is 4.76. The summed E-state index contributed by atoms with van der Waals surface area (Å²) >= 11 is 0. The van der Waals surface area contributed by atoms with Crippen molar-refractivity contribution < 1.29 is 14.3 Å². The molecule has 0 atom stereocenters. The first-order valence-electron chi connectivity index (χ1n) is 8.84. The molecule has 7 heteroatoms. The number of nitrogens with one attached hydrogen (secondary N) is 1. The molecule has 0 spiro atoms. The highest BCUT2D eigenvalue weighted by molar-refractivity contribution is 5.98. The van der Waals surface area contributed by atoms with Crippen molar-refractivity contribution in [2.24, 2.45) is 0 Å². The summed E-state index contributed by atoms with van der Waals surface area (Å²) in [5.74, 6) is 0.116. The summed E-state index contributed by atoms with van der Waals surface area (Å²) in [6.45, 7) is 5.09. The molecule has 0 bridgehead atoms. The Morgan fingerprint density at radius 3 is 2.19 bits per heavy atom. The summed E-state index contributed by atoms with van der Waals surface area (Å²) in [6.07, 6.45) is 0. The van der Waals surface area contributed by atoms with Crippen LogP contribution in [0.4, 0.5) is 0 Å². The molecule has 2 heterocycles. The van der Waals surface area contributed by atoms with Gasteiger partial charge in [0.2, 0.25) is 0 Å². The molecule has 1 aliphatic heterocycles. The first-order valence-corrected chi connectivity index (χ1v) is 8.84. The van der Waals surface area contributed by atoms with Gasteiger partial charge < -0.3 is 19.5 Å². The second-order valence-electron chi connectivity index (χ2n) is 6.60. The van der Waals surface area contributed by atoms with E-state index in [4.69, 9.17) is 4.74 Å². The van der Waals surface area contributed by atoms with Crippen LogP contribution in [-0.4, -0.2) is 59.9 Å². The minimum Gasteiger partial charge on any atom is -0.496 e. The number of para-hydroxylation sites is 1. The molecule has 1 N–H and O–H groups in total. The quantitative estimate of drug-likeness (QED) is 0.891. The van der Waals surface area contributed by atoms with Crippen LogP contribution in [0.3, 0.4) is 0 Å². The van der Waals surface area contributed by atoms with Crippen molar-refractivity contribution >= 4 is 11.8 Å². The van der Waals surface area contributed by atoms with E-state index in [1.54, 1.807) is 41.8 Å². The lowest BCUT2D eigenvalue weighted by atomic mass is 10.1. The van der Waals surface area contributed by atoms with E-state index in [2.05, 4.69) is 4.98 Å². The van der Waals surface area contributed by atoms with Crippen molar-refractivity contribution in [3.8, 4) is 5.75 Å². The van der Waals surface area contributed by atoms with E-state index in [-0.39, 0.29) is 22.8 Å². The Balaban J connectivity index is 1.71. The Hall–Kier alpha value is -3.09. The fourth-order valence-electron chi connectivity index (χ4n) is 3.38. The summed E-state index contributed by atoms with van der Waals surface area (Å²) in [5, 5.41) is 0. The lowest BCUT2D eigenvalue weighted by molar-refractivity contribution is 0.0532. The third kappa shape index (κ3) is 3.72. The highest BCUT2D eigenvalue weighted by atomic mass is 16.5. The molecule has 0 aliphatic carbocycles. The number of ether oxygens (including phenoxy) is 1. The molecule has 0 unspecified atom stereocenters. The number of aromatic amines is 1. The van der Waals surface area contributed by atoms with Crippen LogP contribution in [0.25, 0.3) is 0 Å². The van der Waals surface area contributed by atoms with Gasteiger partial charge in [-0.05, 0) is 26.0 Å². The summed E-state index contributed by atoms with van der Waals surface area (Å²) in [6, 6.07) is 8.52. The maximum Gasteiger partial charge on any atom is 0.259 e. The van der Waals surface area contributed by atoms with Crippen molar-refractivity contribution in [3.05, 3.63) is 63.1 Å². The van der Waals surface area contributed by atoms with Crippen molar-refractivity contribution in [3.63, 3.8) is 0 Å². The zero-order valence-corrected chi connectivity index (χ0v) is 15.7. The molecule has 0 saturated carbocycles. The first kappa shape index (κ1) is 18.7. The number of benzene rings is 1.